The third-order valence-electron chi connectivity index (χ3n) is 4.25. The van der Waals surface area contributed by atoms with Gasteiger partial charge in [0.1, 0.15) is 0 Å². The van der Waals surface area contributed by atoms with Crippen LogP contribution in [0.15, 0.2) is 4.99 Å². The van der Waals surface area contributed by atoms with Crippen LogP contribution in [0.3, 0.4) is 0 Å². The van der Waals surface area contributed by atoms with E-state index >= 15 is 0 Å². The molecule has 1 N–H and O–H groups in total. The van der Waals surface area contributed by atoms with Crippen LogP contribution in [-0.4, -0.2) is 81.8 Å². The van der Waals surface area contributed by atoms with Crippen molar-refractivity contribution in [1.29, 1.82) is 0 Å². The van der Waals surface area contributed by atoms with Gasteiger partial charge >= 0.3 is 0 Å². The van der Waals surface area contributed by atoms with Crippen LogP contribution in [0.25, 0.3) is 0 Å². The van der Waals surface area contributed by atoms with E-state index in [0.717, 1.165) is 18.9 Å². The van der Waals surface area contributed by atoms with Gasteiger partial charge in [-0.3, -0.25) is 4.99 Å². The van der Waals surface area contributed by atoms with Gasteiger partial charge in [0.15, 0.2) is 5.96 Å². The number of piperazine rings is 1. The van der Waals surface area contributed by atoms with E-state index in [0.29, 0.717) is 26.2 Å². The van der Waals surface area contributed by atoms with Gasteiger partial charge in [-0.2, -0.15) is 4.31 Å². The number of sulfonamides is 1. The lowest BCUT2D eigenvalue weighted by atomic mass is 10.2. The molecule has 0 spiro atoms. The van der Waals surface area contributed by atoms with Crippen molar-refractivity contribution in [1.82, 2.24) is 14.5 Å². The van der Waals surface area contributed by atoms with Gasteiger partial charge in [0, 0.05) is 39.8 Å². The summed E-state index contributed by atoms with van der Waals surface area (Å²) in [5.41, 5.74) is 0. The fourth-order valence-electron chi connectivity index (χ4n) is 2.78. The number of aliphatic imine (C=N–C) groups is 1. The Kier molecular flexibility index (Phi) is 10.4. The Morgan fingerprint density at radius 2 is 1.84 bits per heavy atom. The van der Waals surface area contributed by atoms with E-state index in [1.165, 1.54) is 19.3 Å². The first kappa shape index (κ1) is 22.2. The molecule has 0 aromatic rings. The first-order valence-corrected chi connectivity index (χ1v) is 11.1. The van der Waals surface area contributed by atoms with Crippen molar-refractivity contribution in [3.05, 3.63) is 0 Å². The second-order valence-corrected chi connectivity index (χ2v) is 8.74. The molecule has 1 saturated heterocycles. The summed E-state index contributed by atoms with van der Waals surface area (Å²) in [5, 5.41) is 3.39. The average Bonchev–Trinajstić information content (AvgIpc) is 2.58. The summed E-state index contributed by atoms with van der Waals surface area (Å²) in [4.78, 5) is 6.46. The second-order valence-electron chi connectivity index (χ2n) is 6.66. The minimum atomic E-state index is -3.24. The summed E-state index contributed by atoms with van der Waals surface area (Å²) in [6.45, 7) is 9.52. The van der Waals surface area contributed by atoms with E-state index in [2.05, 4.69) is 22.1 Å². The van der Waals surface area contributed by atoms with E-state index < -0.39 is 10.0 Å². The summed E-state index contributed by atoms with van der Waals surface area (Å²) in [5.74, 6) is 0.923. The summed E-state index contributed by atoms with van der Waals surface area (Å²) in [6.07, 6.45) is 4.91. The molecule has 1 fully saturated rings. The molecule has 8 heteroatoms. The van der Waals surface area contributed by atoms with Crippen molar-refractivity contribution in [2.45, 2.75) is 52.6 Å². The predicted octanol–water partition coefficient (Wildman–Crippen LogP) is 1.51. The summed E-state index contributed by atoms with van der Waals surface area (Å²) in [6, 6.07) is 0. The Morgan fingerprint density at radius 1 is 1.16 bits per heavy atom. The van der Waals surface area contributed by atoms with Crippen molar-refractivity contribution in [3.8, 4) is 0 Å². The number of nitrogens with zero attached hydrogens (tertiary/aromatic N) is 3. The molecule has 7 nitrogen and oxygen atoms in total. The van der Waals surface area contributed by atoms with Crippen LogP contribution in [0, 0.1) is 0 Å². The molecule has 0 aromatic carbocycles. The van der Waals surface area contributed by atoms with Crippen LogP contribution < -0.4 is 5.32 Å². The number of guanidine groups is 1. The topological polar surface area (TPSA) is 74.2 Å². The van der Waals surface area contributed by atoms with Crippen molar-refractivity contribution in [2.75, 3.05) is 52.1 Å². The van der Waals surface area contributed by atoms with E-state index in [1.807, 2.05) is 13.8 Å². The number of hydrogen-bond donors (Lipinski definition) is 1. The molecule has 1 aliphatic heterocycles. The number of nitrogens with one attached hydrogen (secondary N) is 1. The highest BCUT2D eigenvalue weighted by Crippen LogP contribution is 2.09. The summed E-state index contributed by atoms with van der Waals surface area (Å²) >= 11 is 0. The number of rotatable bonds is 10. The van der Waals surface area contributed by atoms with Crippen LogP contribution >= 0.6 is 0 Å². The molecule has 1 rings (SSSR count). The third-order valence-corrected chi connectivity index (χ3v) is 6.08. The lowest BCUT2D eigenvalue weighted by Crippen LogP contribution is -2.54. The van der Waals surface area contributed by atoms with Crippen molar-refractivity contribution < 1.29 is 13.2 Å². The molecule has 0 radical (unpaired) electrons. The minimum Gasteiger partial charge on any atom is -0.378 e. The highest BCUT2D eigenvalue weighted by Gasteiger charge is 2.27. The van der Waals surface area contributed by atoms with Crippen LogP contribution in [0.4, 0.5) is 0 Å². The van der Waals surface area contributed by atoms with Crippen LogP contribution in [-0.2, 0) is 14.8 Å². The molecule has 0 aromatic heterocycles. The van der Waals surface area contributed by atoms with Gasteiger partial charge in [-0.1, -0.05) is 26.2 Å². The monoisotopic (exact) mass is 376 g/mol. The molecule has 25 heavy (non-hydrogen) atoms. The zero-order chi connectivity index (χ0) is 18.7. The number of ether oxygens (including phenoxy) is 1. The third kappa shape index (κ3) is 8.37. The zero-order valence-electron chi connectivity index (χ0n) is 16.3. The maximum atomic E-state index is 12.4. The molecule has 0 atom stereocenters. The molecule has 0 aliphatic carbocycles. The minimum absolute atomic E-state index is 0.0512. The first-order chi connectivity index (χ1) is 11.9. The molecular weight excluding hydrogens is 340 g/mol. The van der Waals surface area contributed by atoms with Crippen molar-refractivity contribution in [2.24, 2.45) is 4.99 Å². The molecular formula is C17H36N4O3S. The number of unbranched alkanes of at least 4 members (excludes halogenated alkanes) is 3. The maximum absolute atomic E-state index is 12.4. The van der Waals surface area contributed by atoms with Crippen LogP contribution in [0.1, 0.15) is 46.5 Å². The normalized spacial score (nSPS) is 17.3. The Labute approximate surface area is 153 Å². The molecule has 0 saturated carbocycles. The van der Waals surface area contributed by atoms with Gasteiger partial charge in [0.2, 0.25) is 10.0 Å². The van der Waals surface area contributed by atoms with Crippen LogP contribution in [0.2, 0.25) is 0 Å². The quantitative estimate of drug-likeness (QED) is 0.355. The average molecular weight is 377 g/mol. The van der Waals surface area contributed by atoms with E-state index in [9.17, 15) is 8.42 Å². The standard InChI is InChI=1S/C17H36N4O3S/c1-5-6-7-8-9-19-17(18-4)20-10-12-21(13-11-20)25(22,23)15-14-24-16(2)3/h16H,5-15H2,1-4H3,(H,18,19). The van der Waals surface area contributed by atoms with Gasteiger partial charge in [0.25, 0.3) is 0 Å². The highest BCUT2D eigenvalue weighted by molar-refractivity contribution is 7.89. The fourth-order valence-corrected chi connectivity index (χ4v) is 4.07. The Balaban J connectivity index is 2.38. The van der Waals surface area contributed by atoms with Crippen LogP contribution in [0.5, 0.6) is 0 Å². The number of hydrogen-bond acceptors (Lipinski definition) is 4. The van der Waals surface area contributed by atoms with E-state index in [4.69, 9.17) is 4.74 Å². The lowest BCUT2D eigenvalue weighted by Gasteiger charge is -2.35. The molecule has 0 bridgehead atoms. The SMILES string of the molecule is CCCCCCNC(=NC)N1CCN(S(=O)(=O)CCOC(C)C)CC1. The predicted molar refractivity (Wildman–Crippen MR) is 104 cm³/mol. The van der Waals surface area contributed by atoms with Gasteiger partial charge in [-0.25, -0.2) is 8.42 Å². The lowest BCUT2D eigenvalue weighted by molar-refractivity contribution is 0.0904. The van der Waals surface area contributed by atoms with Gasteiger partial charge in [-0.05, 0) is 20.3 Å². The Bertz CT molecular complexity index is 486. The molecule has 1 heterocycles. The molecule has 0 amide bonds. The fraction of sp³-hybridized carbons (Fsp3) is 0.941. The Morgan fingerprint density at radius 3 is 2.40 bits per heavy atom. The molecule has 0 unspecified atom stereocenters. The highest BCUT2D eigenvalue weighted by atomic mass is 32.2. The summed E-state index contributed by atoms with van der Waals surface area (Å²) < 4.78 is 31.7. The first-order valence-electron chi connectivity index (χ1n) is 9.45. The summed E-state index contributed by atoms with van der Waals surface area (Å²) in [7, 11) is -1.46. The van der Waals surface area contributed by atoms with Gasteiger partial charge in [-0.15, -0.1) is 0 Å². The van der Waals surface area contributed by atoms with Crippen molar-refractivity contribution in [3.63, 3.8) is 0 Å². The van der Waals surface area contributed by atoms with Gasteiger partial charge in [0.05, 0.1) is 18.5 Å². The molecule has 1 aliphatic rings. The van der Waals surface area contributed by atoms with Crippen molar-refractivity contribution >= 4 is 16.0 Å². The largest absolute Gasteiger partial charge is 0.378 e. The van der Waals surface area contributed by atoms with E-state index in [-0.39, 0.29) is 18.5 Å². The van der Waals surface area contributed by atoms with E-state index in [1.54, 1.807) is 11.4 Å². The molecule has 148 valence electrons. The smallest absolute Gasteiger partial charge is 0.216 e. The maximum Gasteiger partial charge on any atom is 0.216 e. The second kappa shape index (κ2) is 11.7. The zero-order valence-corrected chi connectivity index (χ0v) is 17.1. The Hall–Kier alpha value is -0.860. The van der Waals surface area contributed by atoms with Gasteiger partial charge < -0.3 is 15.0 Å².